The van der Waals surface area contributed by atoms with Crippen molar-refractivity contribution in [3.8, 4) is 0 Å². The molecule has 4 saturated carbocycles. The summed E-state index contributed by atoms with van der Waals surface area (Å²) in [6, 6.07) is 0. The molecule has 4 rings (SSSR count). The van der Waals surface area contributed by atoms with Crippen molar-refractivity contribution in [3.05, 3.63) is 12.2 Å². The molecule has 0 aliphatic heterocycles. The number of ether oxygens (including phenoxy) is 1. The van der Waals surface area contributed by atoms with Gasteiger partial charge in [0.15, 0.2) is 0 Å². The number of carbonyl (C=O) groups is 1. The smallest absolute Gasteiger partial charge is 0.407 e. The third-order valence-electron chi connectivity index (χ3n) is 5.06. The fourth-order valence-corrected chi connectivity index (χ4v) is 4.61. The van der Waals surface area contributed by atoms with Gasteiger partial charge in [-0.3, -0.25) is 0 Å². The molecule has 4 bridgehead atoms. The van der Waals surface area contributed by atoms with E-state index in [4.69, 9.17) is 10.5 Å². The van der Waals surface area contributed by atoms with Crippen molar-refractivity contribution < 1.29 is 14.6 Å². The third kappa shape index (κ3) is 2.69. The van der Waals surface area contributed by atoms with Crippen molar-refractivity contribution in [2.45, 2.75) is 43.8 Å². The van der Waals surface area contributed by atoms with E-state index in [0.717, 1.165) is 32.1 Å². The van der Waals surface area contributed by atoms with Gasteiger partial charge in [-0.2, -0.15) is 0 Å². The molecule has 0 aromatic carbocycles. The van der Waals surface area contributed by atoms with Crippen LogP contribution in [0.3, 0.4) is 0 Å². The van der Waals surface area contributed by atoms with Crippen LogP contribution in [0, 0.1) is 17.8 Å². The lowest BCUT2D eigenvalue weighted by molar-refractivity contribution is -0.175. The van der Waals surface area contributed by atoms with Crippen molar-refractivity contribution in [2.75, 3.05) is 13.1 Å². The minimum absolute atomic E-state index is 0.00897. The van der Waals surface area contributed by atoms with Gasteiger partial charge in [0.05, 0.1) is 5.60 Å². The Labute approximate surface area is 119 Å². The summed E-state index contributed by atoms with van der Waals surface area (Å²) in [5.41, 5.74) is 4.86. The van der Waals surface area contributed by atoms with Gasteiger partial charge in [0, 0.05) is 13.1 Å². The molecule has 4 aliphatic rings. The van der Waals surface area contributed by atoms with E-state index in [1.54, 1.807) is 6.08 Å². The number of rotatable bonds is 4. The van der Waals surface area contributed by atoms with Crippen molar-refractivity contribution in [1.29, 1.82) is 0 Å². The minimum Gasteiger partial charge on any atom is -0.446 e. The molecule has 2 unspecified atom stereocenters. The van der Waals surface area contributed by atoms with E-state index in [1.807, 2.05) is 6.08 Å². The Bertz CT molecular complexity index is 394. The first-order valence-electron chi connectivity index (χ1n) is 7.61. The van der Waals surface area contributed by atoms with E-state index in [9.17, 15) is 9.90 Å². The van der Waals surface area contributed by atoms with Crippen molar-refractivity contribution in [3.63, 3.8) is 0 Å². The number of nitrogens with one attached hydrogen (secondary N) is 1. The summed E-state index contributed by atoms with van der Waals surface area (Å²) in [6.07, 6.45) is 8.01. The van der Waals surface area contributed by atoms with Gasteiger partial charge in [0.25, 0.3) is 0 Å². The van der Waals surface area contributed by atoms with Crippen LogP contribution in [0.5, 0.6) is 0 Å². The summed E-state index contributed by atoms with van der Waals surface area (Å²) in [7, 11) is 0. The SMILES string of the molecule is NC/C=C/CNC(=O)OC1C2CC3CC1CC(O)(C3)C2. The number of carbonyl (C=O) groups excluding carboxylic acids is 1. The number of hydrogen-bond acceptors (Lipinski definition) is 4. The molecule has 1 amide bonds. The van der Waals surface area contributed by atoms with Crippen LogP contribution < -0.4 is 11.1 Å². The van der Waals surface area contributed by atoms with Gasteiger partial charge in [-0.25, -0.2) is 4.79 Å². The van der Waals surface area contributed by atoms with Gasteiger partial charge in [-0.05, 0) is 49.9 Å². The summed E-state index contributed by atoms with van der Waals surface area (Å²) < 4.78 is 5.63. The Morgan fingerprint density at radius 1 is 1.30 bits per heavy atom. The van der Waals surface area contributed by atoms with E-state index >= 15 is 0 Å². The van der Waals surface area contributed by atoms with Crippen LogP contribution in [0.4, 0.5) is 4.79 Å². The van der Waals surface area contributed by atoms with Crippen LogP contribution in [0.15, 0.2) is 12.2 Å². The highest BCUT2D eigenvalue weighted by molar-refractivity contribution is 5.67. The van der Waals surface area contributed by atoms with Gasteiger partial charge in [-0.15, -0.1) is 0 Å². The Kier molecular flexibility index (Phi) is 3.73. The Morgan fingerprint density at radius 2 is 2.00 bits per heavy atom. The van der Waals surface area contributed by atoms with Gasteiger partial charge in [0.2, 0.25) is 0 Å². The molecule has 0 spiro atoms. The molecule has 4 fully saturated rings. The fraction of sp³-hybridized carbons (Fsp3) is 0.800. The van der Waals surface area contributed by atoms with Crippen LogP contribution in [-0.4, -0.2) is 36.0 Å². The van der Waals surface area contributed by atoms with Crippen LogP contribution in [-0.2, 0) is 4.74 Å². The lowest BCUT2D eigenvalue weighted by Gasteiger charge is -2.57. The maximum Gasteiger partial charge on any atom is 0.407 e. The standard InChI is InChI=1S/C15H24N2O3/c16-3-1-2-4-17-14(18)20-13-11-5-10-6-12(13)9-15(19,7-10)8-11/h1-2,10-13,19H,3-9,16H2,(H,17,18)/b2-1+. The fourth-order valence-electron chi connectivity index (χ4n) is 4.61. The van der Waals surface area contributed by atoms with E-state index < -0.39 is 5.60 Å². The molecule has 0 aromatic heterocycles. The molecule has 112 valence electrons. The van der Waals surface area contributed by atoms with Crippen LogP contribution in [0.2, 0.25) is 0 Å². The molecular formula is C15H24N2O3. The highest BCUT2D eigenvalue weighted by atomic mass is 16.6. The second kappa shape index (κ2) is 5.37. The second-order valence-corrected chi connectivity index (χ2v) is 6.65. The Balaban J connectivity index is 1.54. The third-order valence-corrected chi connectivity index (χ3v) is 5.06. The molecule has 0 aromatic rings. The highest BCUT2D eigenvalue weighted by Gasteiger charge is 2.56. The monoisotopic (exact) mass is 280 g/mol. The van der Waals surface area contributed by atoms with Crippen LogP contribution >= 0.6 is 0 Å². The quantitative estimate of drug-likeness (QED) is 0.675. The number of amides is 1. The number of alkyl carbamates (subject to hydrolysis) is 1. The zero-order chi connectivity index (χ0) is 14.2. The van der Waals surface area contributed by atoms with Gasteiger partial charge in [0.1, 0.15) is 6.10 Å². The first kappa shape index (κ1) is 13.9. The summed E-state index contributed by atoms with van der Waals surface area (Å²) >= 11 is 0. The number of aliphatic hydroxyl groups is 1. The van der Waals surface area contributed by atoms with Gasteiger partial charge < -0.3 is 20.9 Å². The topological polar surface area (TPSA) is 84.6 Å². The van der Waals surface area contributed by atoms with Crippen molar-refractivity contribution in [2.24, 2.45) is 23.5 Å². The Morgan fingerprint density at radius 3 is 2.60 bits per heavy atom. The van der Waals surface area contributed by atoms with Gasteiger partial charge in [-0.1, -0.05) is 12.2 Å². The molecule has 0 radical (unpaired) electrons. The zero-order valence-corrected chi connectivity index (χ0v) is 11.8. The average molecular weight is 280 g/mol. The summed E-state index contributed by atoms with van der Waals surface area (Å²) in [5, 5.41) is 13.2. The molecule has 2 atom stereocenters. The average Bonchev–Trinajstić information content (AvgIpc) is 2.37. The molecule has 4 N–H and O–H groups in total. The lowest BCUT2D eigenvalue weighted by atomic mass is 9.53. The van der Waals surface area contributed by atoms with E-state index in [-0.39, 0.29) is 12.2 Å². The molecule has 4 aliphatic carbocycles. The van der Waals surface area contributed by atoms with E-state index in [2.05, 4.69) is 5.32 Å². The van der Waals surface area contributed by atoms with E-state index in [0.29, 0.717) is 30.8 Å². The molecule has 20 heavy (non-hydrogen) atoms. The first-order chi connectivity index (χ1) is 9.59. The minimum atomic E-state index is -0.475. The molecular weight excluding hydrogens is 256 g/mol. The van der Waals surface area contributed by atoms with Crippen molar-refractivity contribution in [1.82, 2.24) is 5.32 Å². The number of hydrogen-bond donors (Lipinski definition) is 3. The summed E-state index contributed by atoms with van der Waals surface area (Å²) in [6.45, 7) is 0.925. The molecule has 5 nitrogen and oxygen atoms in total. The van der Waals surface area contributed by atoms with E-state index in [1.165, 1.54) is 0 Å². The predicted molar refractivity (Wildman–Crippen MR) is 75.0 cm³/mol. The Hall–Kier alpha value is -1.07. The predicted octanol–water partition coefficient (Wildman–Crippen LogP) is 1.17. The molecule has 0 heterocycles. The first-order valence-corrected chi connectivity index (χ1v) is 7.61. The summed E-state index contributed by atoms with van der Waals surface area (Å²) in [5.74, 6) is 1.32. The van der Waals surface area contributed by atoms with Crippen LogP contribution in [0.25, 0.3) is 0 Å². The number of nitrogens with two attached hydrogens (primary N) is 1. The van der Waals surface area contributed by atoms with Gasteiger partial charge >= 0.3 is 6.09 Å². The second-order valence-electron chi connectivity index (χ2n) is 6.65. The lowest BCUT2D eigenvalue weighted by Crippen LogP contribution is -2.58. The zero-order valence-electron chi connectivity index (χ0n) is 11.8. The summed E-state index contributed by atoms with van der Waals surface area (Å²) in [4.78, 5) is 11.8. The van der Waals surface area contributed by atoms with Crippen molar-refractivity contribution >= 4 is 6.09 Å². The largest absolute Gasteiger partial charge is 0.446 e. The van der Waals surface area contributed by atoms with Crippen LogP contribution in [0.1, 0.15) is 32.1 Å². The maximum atomic E-state index is 11.8. The maximum absolute atomic E-state index is 11.8. The normalized spacial score (nSPS) is 42.1. The molecule has 5 heteroatoms. The molecule has 0 saturated heterocycles. The highest BCUT2D eigenvalue weighted by Crippen LogP contribution is 2.56.